The van der Waals surface area contributed by atoms with Crippen LogP contribution in [0.1, 0.15) is 15.9 Å². The van der Waals surface area contributed by atoms with Crippen LogP contribution in [0.15, 0.2) is 77.2 Å². The molecule has 1 amide bonds. The lowest BCUT2D eigenvalue weighted by Gasteiger charge is -2.07. The van der Waals surface area contributed by atoms with Crippen LogP contribution in [0, 0.1) is 6.92 Å². The molecule has 0 bridgehead atoms. The molecule has 1 heterocycles. The number of rotatable bonds is 5. The second-order valence-electron chi connectivity index (χ2n) is 6.54. The molecule has 6 nitrogen and oxygen atoms in total. The van der Waals surface area contributed by atoms with Crippen LogP contribution >= 0.6 is 0 Å². The van der Waals surface area contributed by atoms with Gasteiger partial charge in [-0.2, -0.15) is 0 Å². The fourth-order valence-electron chi connectivity index (χ4n) is 2.82. The second kappa shape index (κ2) is 7.98. The lowest BCUT2D eigenvalue weighted by atomic mass is 10.1. The maximum absolute atomic E-state index is 12.4. The van der Waals surface area contributed by atoms with E-state index in [1.165, 1.54) is 5.56 Å². The molecule has 4 aromatic rings. The van der Waals surface area contributed by atoms with Crippen LogP contribution < -0.4 is 10.1 Å². The third-order valence-electron chi connectivity index (χ3n) is 4.45. The molecule has 0 saturated heterocycles. The Balaban J connectivity index is 1.48. The molecule has 29 heavy (non-hydrogen) atoms. The average molecular weight is 385 g/mol. The Morgan fingerprint density at radius 1 is 0.897 bits per heavy atom. The number of carbonyl (C=O) groups excluding carboxylic acids is 1. The summed E-state index contributed by atoms with van der Waals surface area (Å²) in [6.45, 7) is 2.03. The zero-order chi connectivity index (χ0) is 20.2. The predicted octanol–water partition coefficient (Wildman–Crippen LogP) is 4.97. The summed E-state index contributed by atoms with van der Waals surface area (Å²) >= 11 is 0. The van der Waals surface area contributed by atoms with Crippen LogP contribution in [0.5, 0.6) is 5.75 Å². The molecule has 0 aliphatic rings. The Morgan fingerprint density at radius 2 is 1.52 bits per heavy atom. The minimum atomic E-state index is -0.212. The molecular formula is C23H19N3O3. The number of carbonyl (C=O) groups is 1. The Labute approximate surface area is 168 Å². The van der Waals surface area contributed by atoms with Crippen molar-refractivity contribution < 1.29 is 13.9 Å². The summed E-state index contributed by atoms with van der Waals surface area (Å²) in [6.07, 6.45) is 0. The summed E-state index contributed by atoms with van der Waals surface area (Å²) in [5.41, 5.74) is 4.00. The third kappa shape index (κ3) is 4.16. The lowest BCUT2D eigenvalue weighted by Crippen LogP contribution is -2.11. The van der Waals surface area contributed by atoms with E-state index in [0.717, 1.165) is 11.1 Å². The molecule has 1 N–H and O–H groups in total. The number of aromatic nitrogens is 2. The predicted molar refractivity (Wildman–Crippen MR) is 111 cm³/mol. The van der Waals surface area contributed by atoms with Gasteiger partial charge >= 0.3 is 0 Å². The standard InChI is InChI=1S/C23H19N3O3/c1-15-6-8-16(9-7-15)22-25-26-23(29-22)17-10-12-19(13-11-17)24-21(27)18-4-3-5-20(14-18)28-2/h3-14H,1-2H3,(H,24,27). The number of anilines is 1. The first-order valence-corrected chi connectivity index (χ1v) is 9.09. The van der Waals surface area contributed by atoms with E-state index in [-0.39, 0.29) is 5.91 Å². The highest BCUT2D eigenvalue weighted by atomic mass is 16.5. The summed E-state index contributed by atoms with van der Waals surface area (Å²) in [6, 6.07) is 22.1. The highest BCUT2D eigenvalue weighted by Crippen LogP contribution is 2.25. The van der Waals surface area contributed by atoms with Crippen LogP contribution in [0.25, 0.3) is 22.9 Å². The maximum atomic E-state index is 12.4. The van der Waals surface area contributed by atoms with Crippen LogP contribution in [0.3, 0.4) is 0 Å². The SMILES string of the molecule is COc1cccc(C(=O)Nc2ccc(-c3nnc(-c4ccc(C)cc4)o3)cc2)c1. The second-order valence-corrected chi connectivity index (χ2v) is 6.54. The van der Waals surface area contributed by atoms with Gasteiger partial charge < -0.3 is 14.5 Å². The molecule has 0 radical (unpaired) electrons. The maximum Gasteiger partial charge on any atom is 0.255 e. The zero-order valence-corrected chi connectivity index (χ0v) is 16.0. The number of aryl methyl sites for hydroxylation is 1. The van der Waals surface area contributed by atoms with Gasteiger partial charge in [-0.1, -0.05) is 23.8 Å². The van der Waals surface area contributed by atoms with Gasteiger partial charge in [-0.05, 0) is 61.5 Å². The summed E-state index contributed by atoms with van der Waals surface area (Å²) < 4.78 is 10.9. The zero-order valence-electron chi connectivity index (χ0n) is 16.0. The lowest BCUT2D eigenvalue weighted by molar-refractivity contribution is 0.102. The number of amides is 1. The molecule has 0 unspecified atom stereocenters. The first kappa shape index (κ1) is 18.4. The molecule has 3 aromatic carbocycles. The van der Waals surface area contributed by atoms with Gasteiger partial charge in [0, 0.05) is 22.4 Å². The molecule has 4 rings (SSSR count). The monoisotopic (exact) mass is 385 g/mol. The smallest absolute Gasteiger partial charge is 0.255 e. The fourth-order valence-corrected chi connectivity index (χ4v) is 2.82. The topological polar surface area (TPSA) is 77.2 Å². The molecule has 6 heteroatoms. The van der Waals surface area contributed by atoms with Crippen molar-refractivity contribution in [2.45, 2.75) is 6.92 Å². The first-order chi connectivity index (χ1) is 14.1. The van der Waals surface area contributed by atoms with E-state index in [2.05, 4.69) is 15.5 Å². The van der Waals surface area contributed by atoms with Crippen molar-refractivity contribution in [3.63, 3.8) is 0 Å². The summed E-state index contributed by atoms with van der Waals surface area (Å²) in [4.78, 5) is 12.4. The minimum absolute atomic E-state index is 0.212. The summed E-state index contributed by atoms with van der Waals surface area (Å²) in [7, 11) is 1.57. The van der Waals surface area contributed by atoms with Crippen LogP contribution in [-0.4, -0.2) is 23.2 Å². The van der Waals surface area contributed by atoms with Crippen molar-refractivity contribution in [1.82, 2.24) is 10.2 Å². The van der Waals surface area contributed by atoms with E-state index in [1.807, 2.05) is 43.3 Å². The Hall–Kier alpha value is -3.93. The third-order valence-corrected chi connectivity index (χ3v) is 4.45. The Morgan fingerprint density at radius 3 is 2.14 bits per heavy atom. The van der Waals surface area contributed by atoms with Gasteiger partial charge in [0.25, 0.3) is 5.91 Å². The minimum Gasteiger partial charge on any atom is -0.497 e. The van der Waals surface area contributed by atoms with E-state index in [0.29, 0.717) is 28.8 Å². The molecule has 0 atom stereocenters. The Bertz CT molecular complexity index is 1130. The molecule has 0 aliphatic carbocycles. The number of ether oxygens (including phenoxy) is 1. The molecule has 0 spiro atoms. The van der Waals surface area contributed by atoms with Gasteiger partial charge in [0.05, 0.1) is 7.11 Å². The average Bonchev–Trinajstić information content (AvgIpc) is 3.25. The van der Waals surface area contributed by atoms with Crippen molar-refractivity contribution in [2.24, 2.45) is 0 Å². The fraction of sp³-hybridized carbons (Fsp3) is 0.0870. The number of benzene rings is 3. The van der Waals surface area contributed by atoms with E-state index in [9.17, 15) is 4.79 Å². The van der Waals surface area contributed by atoms with E-state index < -0.39 is 0 Å². The quantitative estimate of drug-likeness (QED) is 0.525. The number of hydrogen-bond donors (Lipinski definition) is 1. The number of hydrogen-bond acceptors (Lipinski definition) is 5. The molecule has 0 aliphatic heterocycles. The van der Waals surface area contributed by atoms with E-state index >= 15 is 0 Å². The van der Waals surface area contributed by atoms with E-state index in [4.69, 9.17) is 9.15 Å². The van der Waals surface area contributed by atoms with Crippen LogP contribution in [0.2, 0.25) is 0 Å². The summed E-state index contributed by atoms with van der Waals surface area (Å²) in [5, 5.41) is 11.1. The molecule has 144 valence electrons. The molecule has 1 aromatic heterocycles. The molecule has 0 saturated carbocycles. The Kier molecular flexibility index (Phi) is 5.07. The van der Waals surface area contributed by atoms with E-state index in [1.54, 1.807) is 43.5 Å². The largest absolute Gasteiger partial charge is 0.497 e. The van der Waals surface area contributed by atoms with Gasteiger partial charge in [-0.3, -0.25) is 4.79 Å². The van der Waals surface area contributed by atoms with Crippen molar-refractivity contribution in [1.29, 1.82) is 0 Å². The highest BCUT2D eigenvalue weighted by Gasteiger charge is 2.11. The normalized spacial score (nSPS) is 10.6. The van der Waals surface area contributed by atoms with Crippen LogP contribution in [0.4, 0.5) is 5.69 Å². The number of nitrogens with one attached hydrogen (secondary N) is 1. The van der Waals surface area contributed by atoms with Gasteiger partial charge in [-0.15, -0.1) is 10.2 Å². The summed E-state index contributed by atoms with van der Waals surface area (Å²) in [5.74, 6) is 1.31. The highest BCUT2D eigenvalue weighted by molar-refractivity contribution is 6.04. The van der Waals surface area contributed by atoms with Gasteiger partial charge in [0.2, 0.25) is 11.8 Å². The van der Waals surface area contributed by atoms with Crippen molar-refractivity contribution in [2.75, 3.05) is 12.4 Å². The molecule has 0 fully saturated rings. The van der Waals surface area contributed by atoms with Crippen LogP contribution in [-0.2, 0) is 0 Å². The number of methoxy groups -OCH3 is 1. The first-order valence-electron chi connectivity index (χ1n) is 9.09. The van der Waals surface area contributed by atoms with Gasteiger partial charge in [0.15, 0.2) is 0 Å². The van der Waals surface area contributed by atoms with Crippen molar-refractivity contribution in [3.05, 3.63) is 83.9 Å². The molecular weight excluding hydrogens is 366 g/mol. The number of nitrogens with zero attached hydrogens (tertiary/aromatic N) is 2. The van der Waals surface area contributed by atoms with Gasteiger partial charge in [0.1, 0.15) is 5.75 Å². The van der Waals surface area contributed by atoms with Gasteiger partial charge in [-0.25, -0.2) is 0 Å². The van der Waals surface area contributed by atoms with Crippen molar-refractivity contribution in [3.8, 4) is 28.7 Å². The van der Waals surface area contributed by atoms with Crippen molar-refractivity contribution >= 4 is 11.6 Å².